The van der Waals surface area contributed by atoms with Crippen LogP contribution in [0.3, 0.4) is 0 Å². The van der Waals surface area contributed by atoms with Crippen LogP contribution in [0.15, 0.2) is 22.6 Å². The molecule has 0 fully saturated rings. The summed E-state index contributed by atoms with van der Waals surface area (Å²) < 4.78 is 0. The van der Waals surface area contributed by atoms with Crippen molar-refractivity contribution >= 4 is 0 Å². The van der Waals surface area contributed by atoms with Crippen molar-refractivity contribution < 1.29 is 0 Å². The topological polar surface area (TPSA) is 36.8 Å². The summed E-state index contributed by atoms with van der Waals surface area (Å²) in [6, 6.07) is 0. The van der Waals surface area contributed by atoms with E-state index in [1.165, 1.54) is 0 Å². The van der Waals surface area contributed by atoms with E-state index in [1.54, 1.807) is 0 Å². The first-order valence-corrected chi connectivity index (χ1v) is 4.31. The third-order valence-corrected chi connectivity index (χ3v) is 1.11. The highest BCUT2D eigenvalue weighted by Gasteiger charge is 2.05. The Balaban J connectivity index is 3.68. The van der Waals surface area contributed by atoms with Gasteiger partial charge >= 0.3 is 0 Å². The molecule has 0 aliphatic rings. The summed E-state index contributed by atoms with van der Waals surface area (Å²) >= 11 is 0. The molecule has 0 unspecified atom stereocenters. The molecule has 0 amide bonds. The third-order valence-electron chi connectivity index (χ3n) is 1.11. The molecule has 0 aromatic rings. The minimum absolute atomic E-state index is 0.112. The highest BCUT2D eigenvalue weighted by molar-refractivity contribution is 4.88. The second kappa shape index (κ2) is 4.91. The smallest absolute Gasteiger partial charge is 0.0753 e. The summed E-state index contributed by atoms with van der Waals surface area (Å²) in [7, 11) is 0. The van der Waals surface area contributed by atoms with E-state index in [1.807, 2.05) is 20.8 Å². The second-order valence-electron chi connectivity index (χ2n) is 3.84. The Morgan fingerprint density at radius 2 is 2.00 bits per heavy atom. The van der Waals surface area contributed by atoms with Crippen LogP contribution in [0.1, 0.15) is 40.5 Å². The van der Waals surface area contributed by atoms with E-state index in [-0.39, 0.29) is 5.54 Å². The van der Waals surface area contributed by atoms with Gasteiger partial charge in [-0.2, -0.15) is 5.11 Å². The van der Waals surface area contributed by atoms with Crippen molar-refractivity contribution in [2.45, 2.75) is 46.1 Å². The van der Waals surface area contributed by atoms with Gasteiger partial charge in [-0.05, 0) is 27.2 Å². The monoisotopic (exact) mass is 169 g/mol. The van der Waals surface area contributed by atoms with Crippen molar-refractivity contribution in [2.75, 3.05) is 0 Å². The summed E-state index contributed by atoms with van der Waals surface area (Å²) in [6.45, 7) is 11.9. The largest absolute Gasteiger partial charge is 0.265 e. The zero-order valence-corrected chi connectivity index (χ0v) is 8.52. The van der Waals surface area contributed by atoms with E-state index in [9.17, 15) is 0 Å². The van der Waals surface area contributed by atoms with Gasteiger partial charge in [-0.3, -0.25) is 5.43 Å². The van der Waals surface area contributed by atoms with Crippen molar-refractivity contribution in [1.82, 2.24) is 5.43 Å². The first kappa shape index (κ1) is 11.1. The van der Waals surface area contributed by atoms with Gasteiger partial charge in [0, 0.05) is 5.70 Å². The van der Waals surface area contributed by atoms with Crippen LogP contribution in [-0.2, 0) is 0 Å². The Hall–Kier alpha value is -0.860. The van der Waals surface area contributed by atoms with Gasteiger partial charge < -0.3 is 0 Å². The molecule has 0 aromatic carbocycles. The molecular weight excluding hydrogens is 150 g/mol. The van der Waals surface area contributed by atoms with Crippen LogP contribution in [0, 0.1) is 0 Å². The van der Waals surface area contributed by atoms with Crippen LogP contribution < -0.4 is 5.43 Å². The Morgan fingerprint density at radius 1 is 1.42 bits per heavy atom. The Labute approximate surface area is 74.9 Å². The SMILES string of the molecule is C=C(CCC)NN=NC(C)(C)C. The second-order valence-corrected chi connectivity index (χ2v) is 3.84. The van der Waals surface area contributed by atoms with Crippen molar-refractivity contribution in [3.05, 3.63) is 12.3 Å². The summed E-state index contributed by atoms with van der Waals surface area (Å²) in [6.07, 6.45) is 2.03. The Bertz CT molecular complexity index is 165. The number of allylic oxidation sites excluding steroid dienone is 1. The fraction of sp³-hybridized carbons (Fsp3) is 0.778. The van der Waals surface area contributed by atoms with Crippen LogP contribution in [0.5, 0.6) is 0 Å². The van der Waals surface area contributed by atoms with E-state index < -0.39 is 0 Å². The normalized spacial score (nSPS) is 12.0. The third kappa shape index (κ3) is 7.25. The van der Waals surface area contributed by atoms with Crippen LogP contribution in [0.25, 0.3) is 0 Å². The zero-order chi connectivity index (χ0) is 9.61. The Morgan fingerprint density at radius 3 is 2.42 bits per heavy atom. The molecule has 0 saturated carbocycles. The maximum absolute atomic E-state index is 4.03. The fourth-order valence-electron chi connectivity index (χ4n) is 0.603. The number of nitrogens with zero attached hydrogens (tertiary/aromatic N) is 2. The highest BCUT2D eigenvalue weighted by Crippen LogP contribution is 2.06. The maximum Gasteiger partial charge on any atom is 0.0753 e. The average Bonchev–Trinajstić information content (AvgIpc) is 1.84. The molecule has 12 heavy (non-hydrogen) atoms. The lowest BCUT2D eigenvalue weighted by molar-refractivity contribution is 0.522. The molecule has 0 rings (SSSR count). The summed E-state index contributed by atoms with van der Waals surface area (Å²) in [5, 5.41) is 7.87. The molecule has 0 radical (unpaired) electrons. The lowest BCUT2D eigenvalue weighted by Crippen LogP contribution is -2.11. The first-order valence-electron chi connectivity index (χ1n) is 4.31. The minimum Gasteiger partial charge on any atom is -0.265 e. The molecule has 0 bridgehead atoms. The molecule has 0 spiro atoms. The van der Waals surface area contributed by atoms with E-state index in [0.29, 0.717) is 0 Å². The van der Waals surface area contributed by atoms with Gasteiger partial charge in [0.05, 0.1) is 5.54 Å². The predicted octanol–water partition coefficient (Wildman–Crippen LogP) is 3.06. The van der Waals surface area contributed by atoms with E-state index in [4.69, 9.17) is 0 Å². The molecule has 3 nitrogen and oxygen atoms in total. The zero-order valence-electron chi connectivity index (χ0n) is 8.52. The Kier molecular flexibility index (Phi) is 4.55. The van der Waals surface area contributed by atoms with Gasteiger partial charge in [0.1, 0.15) is 0 Å². The number of hydrogen-bond acceptors (Lipinski definition) is 2. The molecule has 3 heteroatoms. The molecule has 0 aliphatic carbocycles. The van der Waals surface area contributed by atoms with Crippen LogP contribution in [0.4, 0.5) is 0 Å². The molecule has 0 atom stereocenters. The van der Waals surface area contributed by atoms with Crippen LogP contribution in [0.2, 0.25) is 0 Å². The van der Waals surface area contributed by atoms with Crippen LogP contribution >= 0.6 is 0 Å². The minimum atomic E-state index is -0.112. The van der Waals surface area contributed by atoms with Gasteiger partial charge in [0.2, 0.25) is 0 Å². The van der Waals surface area contributed by atoms with Crippen molar-refractivity contribution in [3.8, 4) is 0 Å². The number of rotatable bonds is 4. The van der Waals surface area contributed by atoms with Crippen molar-refractivity contribution in [3.63, 3.8) is 0 Å². The van der Waals surface area contributed by atoms with Crippen molar-refractivity contribution in [1.29, 1.82) is 0 Å². The van der Waals surface area contributed by atoms with Gasteiger partial charge in [0.15, 0.2) is 0 Å². The molecule has 0 heterocycles. The molecule has 0 saturated heterocycles. The van der Waals surface area contributed by atoms with Gasteiger partial charge in [-0.15, -0.1) is 0 Å². The van der Waals surface area contributed by atoms with E-state index >= 15 is 0 Å². The molecule has 0 aliphatic heterocycles. The number of nitrogens with one attached hydrogen (secondary N) is 1. The maximum atomic E-state index is 4.03. The quantitative estimate of drug-likeness (QED) is 0.509. The molecule has 0 aromatic heterocycles. The standard InChI is InChI=1S/C9H19N3/c1-6-7-8(2)10-12-11-9(3,4)5/h2,6-7H2,1,3-5H3,(H,10,11). The lowest BCUT2D eigenvalue weighted by atomic mass is 10.1. The fourth-order valence-corrected chi connectivity index (χ4v) is 0.603. The van der Waals surface area contributed by atoms with Gasteiger partial charge in [0.25, 0.3) is 0 Å². The predicted molar refractivity (Wildman–Crippen MR) is 51.8 cm³/mol. The first-order chi connectivity index (χ1) is 5.45. The molecule has 70 valence electrons. The average molecular weight is 169 g/mol. The van der Waals surface area contributed by atoms with Crippen LogP contribution in [-0.4, -0.2) is 5.54 Å². The van der Waals surface area contributed by atoms with Gasteiger partial charge in [-0.1, -0.05) is 25.1 Å². The highest BCUT2D eigenvalue weighted by atomic mass is 15.4. The summed E-state index contributed by atoms with van der Waals surface area (Å²) in [5.74, 6) is 0. The number of hydrogen-bond donors (Lipinski definition) is 1. The summed E-state index contributed by atoms with van der Waals surface area (Å²) in [5.41, 5.74) is 3.61. The molecular formula is C9H19N3. The van der Waals surface area contributed by atoms with E-state index in [0.717, 1.165) is 18.5 Å². The lowest BCUT2D eigenvalue weighted by Gasteiger charge is -2.09. The van der Waals surface area contributed by atoms with Gasteiger partial charge in [-0.25, -0.2) is 0 Å². The van der Waals surface area contributed by atoms with Crippen molar-refractivity contribution in [2.24, 2.45) is 10.3 Å². The molecule has 1 N–H and O–H groups in total. The summed E-state index contributed by atoms with van der Waals surface area (Å²) in [4.78, 5) is 0. The van der Waals surface area contributed by atoms with E-state index in [2.05, 4.69) is 29.3 Å².